The Kier molecular flexibility index (Phi) is 4.38. The third-order valence-corrected chi connectivity index (χ3v) is 4.10. The van der Waals surface area contributed by atoms with Crippen molar-refractivity contribution in [2.24, 2.45) is 0 Å². The highest BCUT2D eigenvalue weighted by Gasteiger charge is 2.05. The number of rotatable bonds is 4. The Morgan fingerprint density at radius 1 is 1.22 bits per heavy atom. The molecule has 3 nitrogen and oxygen atoms in total. The van der Waals surface area contributed by atoms with Crippen LogP contribution in [0.4, 0.5) is 0 Å². The second kappa shape index (κ2) is 6.02. The summed E-state index contributed by atoms with van der Waals surface area (Å²) in [4.78, 5) is 13.0. The second-order valence-electron chi connectivity index (χ2n) is 3.76. The lowest BCUT2D eigenvalue weighted by Crippen LogP contribution is -2.25. The van der Waals surface area contributed by atoms with Crippen LogP contribution < -0.4 is 5.32 Å². The summed E-state index contributed by atoms with van der Waals surface area (Å²) in [5.74, 6) is 0.0422. The molecule has 1 amide bonds. The van der Waals surface area contributed by atoms with Crippen LogP contribution in [0.25, 0.3) is 0 Å². The van der Waals surface area contributed by atoms with Crippen molar-refractivity contribution in [2.45, 2.75) is 6.42 Å². The van der Waals surface area contributed by atoms with E-state index in [0.717, 1.165) is 10.2 Å². The van der Waals surface area contributed by atoms with Crippen LogP contribution in [0.3, 0.4) is 0 Å². The van der Waals surface area contributed by atoms with Gasteiger partial charge < -0.3 is 10.4 Å². The summed E-state index contributed by atoms with van der Waals surface area (Å²) in [5, 5.41) is 12.0. The average Bonchev–Trinajstić information content (AvgIpc) is 2.76. The minimum atomic E-state index is -0.120. The topological polar surface area (TPSA) is 49.3 Å². The summed E-state index contributed by atoms with van der Waals surface area (Å²) in [6.45, 7) is 0.604. The van der Waals surface area contributed by atoms with Gasteiger partial charge in [0.2, 0.25) is 0 Å². The molecule has 0 spiro atoms. The van der Waals surface area contributed by atoms with Gasteiger partial charge in [0.25, 0.3) is 5.91 Å². The first-order valence-electron chi connectivity index (χ1n) is 5.46. The van der Waals surface area contributed by atoms with Crippen molar-refractivity contribution >= 4 is 33.2 Å². The molecule has 1 aromatic heterocycles. The predicted octanol–water partition coefficient (Wildman–Crippen LogP) is 3.19. The Hall–Kier alpha value is -1.33. The number of hydrogen-bond donors (Lipinski definition) is 2. The predicted molar refractivity (Wildman–Crippen MR) is 76.2 cm³/mol. The van der Waals surface area contributed by atoms with Gasteiger partial charge in [-0.2, -0.15) is 0 Å². The number of nitrogens with one attached hydrogen (secondary N) is 1. The minimum absolute atomic E-state index is 0.120. The molecule has 2 rings (SSSR count). The molecular formula is C13H12BrNO2S. The number of carbonyl (C=O) groups is 1. The molecule has 18 heavy (non-hydrogen) atoms. The number of phenolic OH excluding ortho intramolecular Hbond substituents is 1. The van der Waals surface area contributed by atoms with Crippen molar-refractivity contribution in [3.05, 3.63) is 50.6 Å². The van der Waals surface area contributed by atoms with Gasteiger partial charge in [0.1, 0.15) is 5.75 Å². The number of amides is 1. The molecule has 0 fully saturated rings. The Bertz CT molecular complexity index is 536. The SMILES string of the molecule is O=C(NCCc1ccc(Br)s1)c1ccc(O)cc1. The van der Waals surface area contributed by atoms with E-state index < -0.39 is 0 Å². The minimum Gasteiger partial charge on any atom is -0.508 e. The van der Waals surface area contributed by atoms with Crippen molar-refractivity contribution in [1.82, 2.24) is 5.32 Å². The molecule has 1 aromatic carbocycles. The zero-order valence-electron chi connectivity index (χ0n) is 9.52. The van der Waals surface area contributed by atoms with Gasteiger partial charge >= 0.3 is 0 Å². The van der Waals surface area contributed by atoms with Crippen LogP contribution in [0.5, 0.6) is 5.75 Å². The zero-order chi connectivity index (χ0) is 13.0. The molecule has 0 radical (unpaired) electrons. The highest BCUT2D eigenvalue weighted by molar-refractivity contribution is 9.11. The van der Waals surface area contributed by atoms with Crippen molar-refractivity contribution < 1.29 is 9.90 Å². The lowest BCUT2D eigenvalue weighted by molar-refractivity contribution is 0.0954. The van der Waals surface area contributed by atoms with Crippen LogP contribution >= 0.6 is 27.3 Å². The summed E-state index contributed by atoms with van der Waals surface area (Å²) in [6.07, 6.45) is 0.820. The van der Waals surface area contributed by atoms with Crippen LogP contribution in [-0.4, -0.2) is 17.6 Å². The number of aromatic hydroxyl groups is 1. The summed E-state index contributed by atoms with van der Waals surface area (Å²) in [7, 11) is 0. The molecule has 0 atom stereocenters. The Balaban J connectivity index is 1.83. The molecular weight excluding hydrogens is 314 g/mol. The maximum absolute atomic E-state index is 11.8. The van der Waals surface area contributed by atoms with Gasteiger partial charge in [0.05, 0.1) is 3.79 Å². The number of carbonyl (C=O) groups excluding carboxylic acids is 1. The van der Waals surface area contributed by atoms with Gasteiger partial charge in [-0.1, -0.05) is 0 Å². The Morgan fingerprint density at radius 3 is 2.56 bits per heavy atom. The van der Waals surface area contributed by atoms with E-state index in [1.807, 2.05) is 12.1 Å². The van der Waals surface area contributed by atoms with Crippen LogP contribution in [0, 0.1) is 0 Å². The third-order valence-electron chi connectivity index (χ3n) is 2.42. The summed E-state index contributed by atoms with van der Waals surface area (Å²) >= 11 is 5.07. The van der Waals surface area contributed by atoms with E-state index in [-0.39, 0.29) is 11.7 Å². The first-order valence-corrected chi connectivity index (χ1v) is 7.07. The molecule has 94 valence electrons. The van der Waals surface area contributed by atoms with Gasteiger partial charge in [-0.25, -0.2) is 0 Å². The van der Waals surface area contributed by atoms with Crippen molar-refractivity contribution in [1.29, 1.82) is 0 Å². The van der Waals surface area contributed by atoms with E-state index in [2.05, 4.69) is 21.2 Å². The van der Waals surface area contributed by atoms with Gasteiger partial charge in [-0.05, 0) is 58.7 Å². The van der Waals surface area contributed by atoms with Crippen LogP contribution in [0.2, 0.25) is 0 Å². The van der Waals surface area contributed by atoms with Crippen LogP contribution in [0.15, 0.2) is 40.2 Å². The highest BCUT2D eigenvalue weighted by Crippen LogP contribution is 2.22. The van der Waals surface area contributed by atoms with E-state index in [1.165, 1.54) is 17.0 Å². The number of benzene rings is 1. The molecule has 2 aromatic rings. The van der Waals surface area contributed by atoms with E-state index in [4.69, 9.17) is 5.11 Å². The Morgan fingerprint density at radius 2 is 1.94 bits per heavy atom. The van der Waals surface area contributed by atoms with Crippen LogP contribution in [-0.2, 0) is 6.42 Å². The van der Waals surface area contributed by atoms with Gasteiger partial charge in [0, 0.05) is 17.0 Å². The van der Waals surface area contributed by atoms with Crippen molar-refractivity contribution in [3.8, 4) is 5.75 Å². The molecule has 0 unspecified atom stereocenters. The monoisotopic (exact) mass is 325 g/mol. The quantitative estimate of drug-likeness (QED) is 0.907. The molecule has 0 aliphatic rings. The van der Waals surface area contributed by atoms with Crippen LogP contribution in [0.1, 0.15) is 15.2 Å². The fraction of sp³-hybridized carbons (Fsp3) is 0.154. The summed E-state index contributed by atoms with van der Waals surface area (Å²) < 4.78 is 1.10. The Labute approximate surface area is 118 Å². The van der Waals surface area contributed by atoms with Gasteiger partial charge in [0.15, 0.2) is 0 Å². The molecule has 0 bridgehead atoms. The second-order valence-corrected chi connectivity index (χ2v) is 6.31. The first kappa shape index (κ1) is 13.1. The number of phenols is 1. The molecule has 0 aliphatic carbocycles. The fourth-order valence-electron chi connectivity index (χ4n) is 1.50. The van der Waals surface area contributed by atoms with Crippen molar-refractivity contribution in [2.75, 3.05) is 6.54 Å². The van der Waals surface area contributed by atoms with E-state index >= 15 is 0 Å². The molecule has 0 saturated heterocycles. The first-order chi connectivity index (χ1) is 8.65. The largest absolute Gasteiger partial charge is 0.508 e. The van der Waals surface area contributed by atoms with E-state index in [0.29, 0.717) is 12.1 Å². The average molecular weight is 326 g/mol. The van der Waals surface area contributed by atoms with E-state index in [9.17, 15) is 4.79 Å². The van der Waals surface area contributed by atoms with Gasteiger partial charge in [-0.3, -0.25) is 4.79 Å². The van der Waals surface area contributed by atoms with Crippen molar-refractivity contribution in [3.63, 3.8) is 0 Å². The number of thiophene rings is 1. The summed E-state index contributed by atoms with van der Waals surface area (Å²) in [5.41, 5.74) is 0.556. The maximum Gasteiger partial charge on any atom is 0.251 e. The summed E-state index contributed by atoms with van der Waals surface area (Å²) in [6, 6.07) is 10.3. The lowest BCUT2D eigenvalue weighted by atomic mass is 10.2. The smallest absolute Gasteiger partial charge is 0.251 e. The van der Waals surface area contributed by atoms with E-state index in [1.54, 1.807) is 23.5 Å². The lowest BCUT2D eigenvalue weighted by Gasteiger charge is -2.04. The fourth-order valence-corrected chi connectivity index (χ4v) is 2.98. The number of hydrogen-bond acceptors (Lipinski definition) is 3. The molecule has 1 heterocycles. The maximum atomic E-state index is 11.8. The molecule has 2 N–H and O–H groups in total. The molecule has 0 saturated carbocycles. The normalized spacial score (nSPS) is 10.3. The standard InChI is InChI=1S/C13H12BrNO2S/c14-12-6-5-11(18-12)7-8-15-13(17)9-1-3-10(16)4-2-9/h1-6,16H,7-8H2,(H,15,17). The zero-order valence-corrected chi connectivity index (χ0v) is 11.9. The molecule has 5 heteroatoms. The highest BCUT2D eigenvalue weighted by atomic mass is 79.9. The number of halogens is 1. The molecule has 0 aliphatic heterocycles. The van der Waals surface area contributed by atoms with Gasteiger partial charge in [-0.15, -0.1) is 11.3 Å². The third kappa shape index (κ3) is 3.58.